The number of hydrazone groups is 1. The third-order valence-electron chi connectivity index (χ3n) is 3.14. The average Bonchev–Trinajstić information content (AvgIpc) is 2.57. The monoisotopic (exact) mass is 404 g/mol. The number of carbonyl (C=O) groups is 1. The SMILES string of the molecule is CCOc1c(Cl)cc(/C=N\NC(=O)c2cccc(C(F)(F)F)c2)cc1Cl. The van der Waals surface area contributed by atoms with Crippen LogP contribution in [0.5, 0.6) is 5.75 Å². The molecule has 1 N–H and O–H groups in total. The fourth-order valence-corrected chi connectivity index (χ4v) is 2.62. The molecule has 0 aliphatic rings. The van der Waals surface area contributed by atoms with Gasteiger partial charge in [0.1, 0.15) is 0 Å². The van der Waals surface area contributed by atoms with E-state index < -0.39 is 17.6 Å². The van der Waals surface area contributed by atoms with E-state index in [0.29, 0.717) is 17.9 Å². The zero-order valence-corrected chi connectivity index (χ0v) is 14.9. The molecular weight excluding hydrogens is 392 g/mol. The largest absolute Gasteiger partial charge is 0.491 e. The summed E-state index contributed by atoms with van der Waals surface area (Å²) in [6.07, 6.45) is -3.27. The summed E-state index contributed by atoms with van der Waals surface area (Å²) in [5, 5.41) is 4.24. The number of nitrogens with zero attached hydrogens (tertiary/aromatic N) is 1. The number of hydrogen-bond acceptors (Lipinski definition) is 3. The molecule has 26 heavy (non-hydrogen) atoms. The van der Waals surface area contributed by atoms with Crippen LogP contribution in [-0.4, -0.2) is 18.7 Å². The highest BCUT2D eigenvalue weighted by atomic mass is 35.5. The van der Waals surface area contributed by atoms with Gasteiger partial charge in [0.25, 0.3) is 5.91 Å². The first-order chi connectivity index (χ1) is 12.2. The van der Waals surface area contributed by atoms with Gasteiger partial charge in [0.15, 0.2) is 5.75 Å². The van der Waals surface area contributed by atoms with Gasteiger partial charge in [-0.1, -0.05) is 29.3 Å². The zero-order valence-electron chi connectivity index (χ0n) is 13.4. The quantitative estimate of drug-likeness (QED) is 0.551. The number of amides is 1. The maximum atomic E-state index is 12.7. The van der Waals surface area contributed by atoms with Crippen molar-refractivity contribution >= 4 is 35.3 Å². The first-order valence-corrected chi connectivity index (χ1v) is 8.10. The summed E-state index contributed by atoms with van der Waals surface area (Å²) in [6.45, 7) is 2.17. The van der Waals surface area contributed by atoms with Crippen LogP contribution in [0, 0.1) is 0 Å². The minimum atomic E-state index is -4.53. The summed E-state index contributed by atoms with van der Waals surface area (Å²) in [6, 6.07) is 7.08. The molecular formula is C17H13Cl2F3N2O2. The van der Waals surface area contributed by atoms with E-state index in [9.17, 15) is 18.0 Å². The minimum Gasteiger partial charge on any atom is -0.491 e. The Bertz CT molecular complexity index is 816. The lowest BCUT2D eigenvalue weighted by atomic mass is 10.1. The van der Waals surface area contributed by atoms with Crippen LogP contribution < -0.4 is 10.2 Å². The molecule has 0 unspecified atom stereocenters. The Labute approximate surface area is 157 Å². The summed E-state index contributed by atoms with van der Waals surface area (Å²) in [7, 11) is 0. The van der Waals surface area contributed by atoms with Gasteiger partial charge >= 0.3 is 6.18 Å². The number of alkyl halides is 3. The highest BCUT2D eigenvalue weighted by Crippen LogP contribution is 2.33. The maximum absolute atomic E-state index is 12.7. The van der Waals surface area contributed by atoms with Crippen LogP contribution in [-0.2, 0) is 6.18 Å². The van der Waals surface area contributed by atoms with Crippen LogP contribution in [0.3, 0.4) is 0 Å². The first-order valence-electron chi connectivity index (χ1n) is 7.35. The van der Waals surface area contributed by atoms with Crippen LogP contribution in [0.1, 0.15) is 28.4 Å². The number of halogens is 5. The second kappa shape index (κ2) is 8.42. The number of benzene rings is 2. The summed E-state index contributed by atoms with van der Waals surface area (Å²) < 4.78 is 43.3. The molecule has 2 aromatic rings. The van der Waals surface area contributed by atoms with E-state index in [2.05, 4.69) is 10.5 Å². The molecule has 0 spiro atoms. The molecule has 0 radical (unpaired) electrons. The third kappa shape index (κ3) is 5.12. The van der Waals surface area contributed by atoms with Gasteiger partial charge in [0.05, 0.1) is 28.4 Å². The van der Waals surface area contributed by atoms with E-state index in [1.807, 2.05) is 0 Å². The lowest BCUT2D eigenvalue weighted by Crippen LogP contribution is -2.18. The Morgan fingerprint density at radius 3 is 2.46 bits per heavy atom. The van der Waals surface area contributed by atoms with Gasteiger partial charge in [-0.05, 0) is 42.8 Å². The number of ether oxygens (including phenoxy) is 1. The highest BCUT2D eigenvalue weighted by molar-refractivity contribution is 6.37. The molecule has 138 valence electrons. The molecule has 2 rings (SSSR count). The fourth-order valence-electron chi connectivity index (χ4n) is 2.00. The van der Waals surface area contributed by atoms with E-state index in [4.69, 9.17) is 27.9 Å². The predicted octanol–water partition coefficient (Wildman–Crippen LogP) is 5.17. The van der Waals surface area contributed by atoms with Crippen molar-refractivity contribution in [3.63, 3.8) is 0 Å². The lowest BCUT2D eigenvalue weighted by molar-refractivity contribution is -0.137. The van der Waals surface area contributed by atoms with Crippen molar-refractivity contribution in [2.24, 2.45) is 5.10 Å². The Balaban J connectivity index is 2.10. The molecule has 0 aliphatic heterocycles. The molecule has 1 amide bonds. The summed E-state index contributed by atoms with van der Waals surface area (Å²) in [5.74, 6) is -0.448. The number of carbonyl (C=O) groups excluding carboxylic acids is 1. The molecule has 0 heterocycles. The van der Waals surface area contributed by atoms with E-state index in [0.717, 1.165) is 18.2 Å². The molecule has 0 atom stereocenters. The molecule has 0 aromatic heterocycles. The highest BCUT2D eigenvalue weighted by Gasteiger charge is 2.30. The molecule has 0 saturated heterocycles. The van der Waals surface area contributed by atoms with Crippen LogP contribution in [0.2, 0.25) is 10.0 Å². The van der Waals surface area contributed by atoms with E-state index in [1.165, 1.54) is 24.4 Å². The smallest absolute Gasteiger partial charge is 0.416 e. The molecule has 0 bridgehead atoms. The summed E-state index contributed by atoms with van der Waals surface area (Å²) in [4.78, 5) is 11.9. The van der Waals surface area contributed by atoms with Gasteiger partial charge in [0, 0.05) is 5.56 Å². The van der Waals surface area contributed by atoms with Crippen molar-refractivity contribution in [3.8, 4) is 5.75 Å². The van der Waals surface area contributed by atoms with E-state index in [-0.39, 0.29) is 15.6 Å². The molecule has 9 heteroatoms. The second-order valence-electron chi connectivity index (χ2n) is 5.02. The zero-order chi connectivity index (χ0) is 19.3. The van der Waals surface area contributed by atoms with Gasteiger partial charge in [-0.2, -0.15) is 18.3 Å². The summed E-state index contributed by atoms with van der Waals surface area (Å²) >= 11 is 12.1. The molecule has 4 nitrogen and oxygen atoms in total. The average molecular weight is 405 g/mol. The standard InChI is InChI=1S/C17H13Cl2F3N2O2/c1-2-26-15-13(18)6-10(7-14(15)19)9-23-24-16(25)11-4-3-5-12(8-11)17(20,21)22/h3-9H,2H2,1H3,(H,24,25)/b23-9-. The van der Waals surface area contributed by atoms with Gasteiger partial charge < -0.3 is 4.74 Å². The van der Waals surface area contributed by atoms with E-state index >= 15 is 0 Å². The Morgan fingerprint density at radius 2 is 1.88 bits per heavy atom. The Morgan fingerprint density at radius 1 is 1.23 bits per heavy atom. The maximum Gasteiger partial charge on any atom is 0.416 e. The van der Waals surface area contributed by atoms with E-state index in [1.54, 1.807) is 6.92 Å². The number of hydrogen-bond donors (Lipinski definition) is 1. The van der Waals surface area contributed by atoms with Gasteiger partial charge in [0.2, 0.25) is 0 Å². The van der Waals surface area contributed by atoms with Crippen molar-refractivity contribution in [1.82, 2.24) is 5.43 Å². The van der Waals surface area contributed by atoms with Crippen molar-refractivity contribution in [2.75, 3.05) is 6.61 Å². The normalized spacial score (nSPS) is 11.6. The third-order valence-corrected chi connectivity index (χ3v) is 3.70. The van der Waals surface area contributed by atoms with Gasteiger partial charge in [-0.25, -0.2) is 5.43 Å². The fraction of sp³-hybridized carbons (Fsp3) is 0.176. The van der Waals surface area contributed by atoms with Crippen LogP contribution in [0.15, 0.2) is 41.5 Å². The van der Waals surface area contributed by atoms with Crippen LogP contribution >= 0.6 is 23.2 Å². The van der Waals surface area contributed by atoms with Crippen LogP contribution in [0.25, 0.3) is 0 Å². The van der Waals surface area contributed by atoms with Crippen molar-refractivity contribution in [2.45, 2.75) is 13.1 Å². The van der Waals surface area contributed by atoms with Crippen molar-refractivity contribution in [3.05, 3.63) is 63.1 Å². The minimum absolute atomic E-state index is 0.167. The predicted molar refractivity (Wildman–Crippen MR) is 94.1 cm³/mol. The first kappa shape index (κ1) is 20.1. The van der Waals surface area contributed by atoms with Gasteiger partial charge in [-0.3, -0.25) is 4.79 Å². The van der Waals surface area contributed by atoms with Crippen molar-refractivity contribution < 1.29 is 22.7 Å². The Kier molecular flexibility index (Phi) is 6.50. The topological polar surface area (TPSA) is 50.7 Å². The van der Waals surface area contributed by atoms with Crippen LogP contribution in [0.4, 0.5) is 13.2 Å². The number of nitrogens with one attached hydrogen (secondary N) is 1. The molecule has 0 aliphatic carbocycles. The number of rotatable bonds is 5. The van der Waals surface area contributed by atoms with Gasteiger partial charge in [-0.15, -0.1) is 0 Å². The van der Waals surface area contributed by atoms with Crippen molar-refractivity contribution in [1.29, 1.82) is 0 Å². The molecule has 0 fully saturated rings. The molecule has 2 aromatic carbocycles. The lowest BCUT2D eigenvalue weighted by Gasteiger charge is -2.09. The Hall–Kier alpha value is -2.25. The molecule has 0 saturated carbocycles. The summed E-state index contributed by atoms with van der Waals surface area (Å²) in [5.41, 5.74) is 1.55. The second-order valence-corrected chi connectivity index (χ2v) is 5.84.